The van der Waals surface area contributed by atoms with E-state index in [2.05, 4.69) is 30.9 Å². The number of rotatable bonds is 0. The molecule has 2 aromatic heterocycles. The molecule has 2 aromatic rings. The first-order valence-electron chi connectivity index (χ1n) is 4.92. The molecule has 0 saturated heterocycles. The summed E-state index contributed by atoms with van der Waals surface area (Å²) in [6.07, 6.45) is 1.19. The van der Waals surface area contributed by atoms with Crippen molar-refractivity contribution in [1.82, 2.24) is 14.6 Å². The zero-order valence-electron chi connectivity index (χ0n) is 8.61. The molecular weight excluding hydrogens is 194 g/mol. The van der Waals surface area contributed by atoms with Gasteiger partial charge in [-0.15, -0.1) is 0 Å². The van der Waals surface area contributed by atoms with E-state index in [0.29, 0.717) is 5.92 Å². The summed E-state index contributed by atoms with van der Waals surface area (Å²) in [4.78, 5) is 5.69. The van der Waals surface area contributed by atoms with E-state index in [9.17, 15) is 0 Å². The van der Waals surface area contributed by atoms with Crippen molar-refractivity contribution in [2.75, 3.05) is 0 Å². The van der Waals surface area contributed by atoms with E-state index in [1.807, 2.05) is 10.0 Å². The summed E-state index contributed by atoms with van der Waals surface area (Å²) in [6, 6.07) is 0. The molecule has 1 aliphatic carbocycles. The number of fused-ring (bicyclic) bond motifs is 3. The predicted octanol–water partition coefficient (Wildman–Crippen LogP) is 2.58. The Hall–Kier alpha value is -0.900. The Morgan fingerprint density at radius 1 is 1.57 bits per heavy atom. The van der Waals surface area contributed by atoms with Crippen LogP contribution in [0.2, 0.25) is 0 Å². The van der Waals surface area contributed by atoms with Gasteiger partial charge in [0.15, 0.2) is 0 Å². The SMILES string of the molecule is CC1CC(C)(C)c2c1nc1scnn21. The Bertz CT molecular complexity index is 494. The van der Waals surface area contributed by atoms with Gasteiger partial charge in [0.25, 0.3) is 0 Å². The van der Waals surface area contributed by atoms with Crippen LogP contribution in [0.25, 0.3) is 4.96 Å². The van der Waals surface area contributed by atoms with E-state index in [1.165, 1.54) is 17.8 Å². The van der Waals surface area contributed by atoms with Gasteiger partial charge in [0, 0.05) is 11.3 Å². The molecule has 1 unspecified atom stereocenters. The van der Waals surface area contributed by atoms with E-state index in [0.717, 1.165) is 4.96 Å². The van der Waals surface area contributed by atoms with Gasteiger partial charge in [-0.3, -0.25) is 0 Å². The lowest BCUT2D eigenvalue weighted by Crippen LogP contribution is -2.15. The lowest BCUT2D eigenvalue weighted by atomic mass is 9.89. The van der Waals surface area contributed by atoms with Crippen LogP contribution in [-0.2, 0) is 5.41 Å². The Morgan fingerprint density at radius 3 is 3.14 bits per heavy atom. The molecule has 1 aliphatic rings. The van der Waals surface area contributed by atoms with Crippen LogP contribution in [0.5, 0.6) is 0 Å². The Morgan fingerprint density at radius 2 is 2.36 bits per heavy atom. The molecule has 0 radical (unpaired) electrons. The monoisotopic (exact) mass is 207 g/mol. The highest BCUT2D eigenvalue weighted by Gasteiger charge is 2.39. The number of aromatic nitrogens is 3. The number of nitrogens with zero attached hydrogens (tertiary/aromatic N) is 3. The van der Waals surface area contributed by atoms with E-state index in [-0.39, 0.29) is 5.41 Å². The lowest BCUT2D eigenvalue weighted by molar-refractivity contribution is 0.469. The van der Waals surface area contributed by atoms with Crippen molar-refractivity contribution in [2.24, 2.45) is 0 Å². The van der Waals surface area contributed by atoms with Crippen LogP contribution in [0.15, 0.2) is 5.51 Å². The average Bonchev–Trinajstić information content (AvgIpc) is 2.61. The summed E-state index contributed by atoms with van der Waals surface area (Å²) in [5.41, 5.74) is 4.67. The Labute approximate surface area is 86.8 Å². The van der Waals surface area contributed by atoms with E-state index < -0.39 is 0 Å². The minimum Gasteiger partial charge on any atom is -0.222 e. The molecule has 0 amide bonds. The summed E-state index contributed by atoms with van der Waals surface area (Å²) in [6.45, 7) is 6.82. The molecule has 0 N–H and O–H groups in total. The van der Waals surface area contributed by atoms with E-state index in [4.69, 9.17) is 0 Å². The number of hydrogen-bond acceptors (Lipinski definition) is 3. The minimum atomic E-state index is 0.224. The normalized spacial score (nSPS) is 24.4. The molecule has 2 heterocycles. The zero-order chi connectivity index (χ0) is 9.92. The minimum absolute atomic E-state index is 0.224. The fourth-order valence-electron chi connectivity index (χ4n) is 2.64. The van der Waals surface area contributed by atoms with Gasteiger partial charge in [-0.05, 0) is 6.42 Å². The molecule has 0 fully saturated rings. The quantitative estimate of drug-likeness (QED) is 0.664. The molecule has 74 valence electrons. The second-order valence-corrected chi connectivity index (χ2v) is 5.58. The molecule has 14 heavy (non-hydrogen) atoms. The highest BCUT2D eigenvalue weighted by molar-refractivity contribution is 7.14. The molecule has 0 aliphatic heterocycles. The van der Waals surface area contributed by atoms with Gasteiger partial charge in [0.1, 0.15) is 5.51 Å². The molecule has 4 heteroatoms. The second-order valence-electron chi connectivity index (χ2n) is 4.77. The van der Waals surface area contributed by atoms with Crippen LogP contribution in [0, 0.1) is 0 Å². The van der Waals surface area contributed by atoms with Gasteiger partial charge in [0.2, 0.25) is 4.96 Å². The highest BCUT2D eigenvalue weighted by Crippen LogP contribution is 2.45. The van der Waals surface area contributed by atoms with Crippen molar-refractivity contribution in [2.45, 2.75) is 38.5 Å². The van der Waals surface area contributed by atoms with Gasteiger partial charge in [0.05, 0.1) is 11.4 Å². The first kappa shape index (κ1) is 8.41. The summed E-state index contributed by atoms with van der Waals surface area (Å²) in [7, 11) is 0. The van der Waals surface area contributed by atoms with Crippen molar-refractivity contribution in [3.05, 3.63) is 16.9 Å². The van der Waals surface area contributed by atoms with Crippen LogP contribution >= 0.6 is 11.3 Å². The lowest BCUT2D eigenvalue weighted by Gasteiger charge is -2.17. The third kappa shape index (κ3) is 0.869. The third-order valence-corrected chi connectivity index (χ3v) is 3.77. The van der Waals surface area contributed by atoms with Crippen LogP contribution < -0.4 is 0 Å². The second kappa shape index (κ2) is 2.37. The zero-order valence-corrected chi connectivity index (χ0v) is 9.43. The first-order valence-corrected chi connectivity index (χ1v) is 5.80. The third-order valence-electron chi connectivity index (χ3n) is 3.10. The maximum absolute atomic E-state index is 4.65. The van der Waals surface area contributed by atoms with Crippen LogP contribution in [0.4, 0.5) is 0 Å². The summed E-state index contributed by atoms with van der Waals surface area (Å²) >= 11 is 1.62. The summed E-state index contributed by atoms with van der Waals surface area (Å²) in [5, 5.41) is 4.35. The highest BCUT2D eigenvalue weighted by atomic mass is 32.1. The molecule has 3 nitrogen and oxygen atoms in total. The smallest absolute Gasteiger partial charge is 0.212 e. The predicted molar refractivity (Wildman–Crippen MR) is 56.9 cm³/mol. The van der Waals surface area contributed by atoms with Gasteiger partial charge < -0.3 is 0 Å². The van der Waals surface area contributed by atoms with Gasteiger partial charge in [-0.2, -0.15) is 5.10 Å². The summed E-state index contributed by atoms with van der Waals surface area (Å²) in [5.74, 6) is 0.578. The largest absolute Gasteiger partial charge is 0.222 e. The topological polar surface area (TPSA) is 30.2 Å². The molecule has 0 saturated carbocycles. The molecule has 0 bridgehead atoms. The standard InChI is InChI=1S/C10H13N3S/c1-6-4-10(2,3)8-7(6)12-9-13(8)11-5-14-9/h5-6H,4H2,1-3H3. The average molecular weight is 207 g/mol. The number of imidazole rings is 1. The fourth-order valence-corrected chi connectivity index (χ4v) is 3.27. The molecule has 0 spiro atoms. The maximum Gasteiger partial charge on any atom is 0.212 e. The van der Waals surface area contributed by atoms with Crippen molar-refractivity contribution in [3.8, 4) is 0 Å². The van der Waals surface area contributed by atoms with Gasteiger partial charge in [-0.25, -0.2) is 9.50 Å². The van der Waals surface area contributed by atoms with E-state index >= 15 is 0 Å². The van der Waals surface area contributed by atoms with E-state index in [1.54, 1.807) is 11.3 Å². The maximum atomic E-state index is 4.65. The van der Waals surface area contributed by atoms with Crippen molar-refractivity contribution in [1.29, 1.82) is 0 Å². The van der Waals surface area contributed by atoms with Crippen molar-refractivity contribution >= 4 is 16.3 Å². The molecule has 1 atom stereocenters. The van der Waals surface area contributed by atoms with Crippen LogP contribution in [0.3, 0.4) is 0 Å². The van der Waals surface area contributed by atoms with Crippen LogP contribution in [0.1, 0.15) is 44.5 Å². The van der Waals surface area contributed by atoms with Gasteiger partial charge in [-0.1, -0.05) is 32.1 Å². The molecule has 3 rings (SSSR count). The Kier molecular flexibility index (Phi) is 1.42. The van der Waals surface area contributed by atoms with Crippen molar-refractivity contribution < 1.29 is 0 Å². The van der Waals surface area contributed by atoms with Crippen LogP contribution in [-0.4, -0.2) is 14.6 Å². The van der Waals surface area contributed by atoms with Gasteiger partial charge >= 0.3 is 0 Å². The number of hydrogen-bond donors (Lipinski definition) is 0. The fraction of sp³-hybridized carbons (Fsp3) is 0.600. The molecular formula is C10H13N3S. The van der Waals surface area contributed by atoms with Crippen molar-refractivity contribution in [3.63, 3.8) is 0 Å². The molecule has 0 aromatic carbocycles. The first-order chi connectivity index (χ1) is 6.59. The summed E-state index contributed by atoms with van der Waals surface area (Å²) < 4.78 is 2.02. The Balaban J connectivity index is 2.39.